The molecule has 154 valence electrons. The maximum absolute atomic E-state index is 9.36. The van der Waals surface area contributed by atoms with Gasteiger partial charge in [-0.2, -0.15) is 5.26 Å². The number of unbranched alkanes of at least 4 members (excludes halogenated alkanes) is 4. The molecule has 0 saturated carbocycles. The topological polar surface area (TPSA) is 23.8 Å². The maximum Gasteiger partial charge on any atom is 0.0683 e. The molecule has 3 rings (SSSR count). The van der Waals surface area contributed by atoms with E-state index in [1.165, 1.54) is 67.2 Å². The number of nitrogens with zero attached hydrogens (tertiary/aromatic N) is 1. The number of hydrogen-bond acceptors (Lipinski definition) is 1. The number of aryl methyl sites for hydroxylation is 1. The molecule has 2 aromatic carbocycles. The zero-order chi connectivity index (χ0) is 20.9. The first-order valence-corrected chi connectivity index (χ1v) is 11.6. The highest BCUT2D eigenvalue weighted by Gasteiger charge is 2.42. The smallest absolute Gasteiger partial charge is 0.0683 e. The SMILES string of the molecule is CCCCCCC1(CCCCC(C)(C)C#N)c2ccccc2-c2ccc(C)cc21. The minimum absolute atomic E-state index is 0.141. The van der Waals surface area contributed by atoms with Gasteiger partial charge in [0.25, 0.3) is 0 Å². The minimum atomic E-state index is -0.212. The van der Waals surface area contributed by atoms with Gasteiger partial charge in [-0.1, -0.05) is 93.5 Å². The van der Waals surface area contributed by atoms with E-state index in [0.29, 0.717) is 0 Å². The fourth-order valence-corrected chi connectivity index (χ4v) is 5.14. The number of rotatable bonds is 10. The van der Waals surface area contributed by atoms with Gasteiger partial charge < -0.3 is 0 Å². The molecule has 0 aliphatic heterocycles. The summed E-state index contributed by atoms with van der Waals surface area (Å²) in [6.45, 7) is 8.64. The van der Waals surface area contributed by atoms with Crippen LogP contribution < -0.4 is 0 Å². The van der Waals surface area contributed by atoms with Crippen LogP contribution in [0.2, 0.25) is 0 Å². The van der Waals surface area contributed by atoms with Crippen LogP contribution in [0.15, 0.2) is 42.5 Å². The van der Waals surface area contributed by atoms with Crippen molar-refractivity contribution in [2.75, 3.05) is 0 Å². The molecule has 1 atom stereocenters. The molecule has 1 unspecified atom stereocenters. The van der Waals surface area contributed by atoms with Crippen LogP contribution in [-0.2, 0) is 5.41 Å². The van der Waals surface area contributed by atoms with E-state index >= 15 is 0 Å². The molecule has 0 saturated heterocycles. The van der Waals surface area contributed by atoms with Gasteiger partial charge >= 0.3 is 0 Å². The summed E-state index contributed by atoms with van der Waals surface area (Å²) in [6.07, 6.45) is 10.9. The van der Waals surface area contributed by atoms with Crippen LogP contribution in [0, 0.1) is 23.7 Å². The summed E-state index contributed by atoms with van der Waals surface area (Å²) in [5, 5.41) is 9.36. The second kappa shape index (κ2) is 9.17. The molecule has 2 aromatic rings. The van der Waals surface area contributed by atoms with Gasteiger partial charge in [-0.3, -0.25) is 0 Å². The van der Waals surface area contributed by atoms with Crippen LogP contribution >= 0.6 is 0 Å². The molecule has 0 bridgehead atoms. The van der Waals surface area contributed by atoms with Crippen molar-refractivity contribution in [3.63, 3.8) is 0 Å². The van der Waals surface area contributed by atoms with E-state index < -0.39 is 0 Å². The van der Waals surface area contributed by atoms with Crippen molar-refractivity contribution in [2.24, 2.45) is 5.41 Å². The average Bonchev–Trinajstić information content (AvgIpc) is 2.98. The Bertz CT molecular complexity index is 870. The Hall–Kier alpha value is -2.07. The van der Waals surface area contributed by atoms with Gasteiger partial charge in [-0.25, -0.2) is 0 Å². The quantitative estimate of drug-likeness (QED) is 0.376. The molecule has 0 amide bonds. The minimum Gasteiger partial charge on any atom is -0.198 e. The van der Waals surface area contributed by atoms with Gasteiger partial charge in [-0.15, -0.1) is 0 Å². The second-order valence-electron chi connectivity index (χ2n) is 9.69. The van der Waals surface area contributed by atoms with Gasteiger partial charge in [-0.05, 0) is 62.3 Å². The van der Waals surface area contributed by atoms with E-state index in [-0.39, 0.29) is 10.8 Å². The Balaban J connectivity index is 1.92. The Kier molecular flexibility index (Phi) is 6.84. The number of hydrogen-bond donors (Lipinski definition) is 0. The summed E-state index contributed by atoms with van der Waals surface area (Å²) in [7, 11) is 0. The van der Waals surface area contributed by atoms with Crippen LogP contribution in [-0.4, -0.2) is 0 Å². The monoisotopic (exact) mass is 387 g/mol. The number of benzene rings is 2. The zero-order valence-electron chi connectivity index (χ0n) is 18.9. The van der Waals surface area contributed by atoms with Crippen molar-refractivity contribution in [1.82, 2.24) is 0 Å². The molecule has 1 nitrogen and oxygen atoms in total. The molecule has 0 N–H and O–H groups in total. The lowest BCUT2D eigenvalue weighted by atomic mass is 9.70. The first kappa shape index (κ1) is 21.6. The van der Waals surface area contributed by atoms with E-state index in [2.05, 4.69) is 76.2 Å². The molecular weight excluding hydrogens is 350 g/mol. The molecule has 0 spiro atoms. The highest BCUT2D eigenvalue weighted by molar-refractivity contribution is 5.81. The first-order valence-electron chi connectivity index (χ1n) is 11.6. The van der Waals surface area contributed by atoms with Crippen LogP contribution in [0.3, 0.4) is 0 Å². The summed E-state index contributed by atoms with van der Waals surface area (Å²) >= 11 is 0. The Morgan fingerprint density at radius 2 is 1.55 bits per heavy atom. The fraction of sp³-hybridized carbons (Fsp3) is 0.536. The van der Waals surface area contributed by atoms with E-state index in [9.17, 15) is 5.26 Å². The highest BCUT2D eigenvalue weighted by atomic mass is 14.4. The van der Waals surface area contributed by atoms with Crippen molar-refractivity contribution >= 4 is 0 Å². The normalized spacial score (nSPS) is 17.6. The van der Waals surface area contributed by atoms with E-state index in [1.54, 1.807) is 5.56 Å². The lowest BCUT2D eigenvalue weighted by Gasteiger charge is -2.33. The van der Waals surface area contributed by atoms with E-state index in [1.807, 2.05) is 0 Å². The third-order valence-electron chi connectivity index (χ3n) is 6.84. The summed E-state index contributed by atoms with van der Waals surface area (Å²) in [6, 6.07) is 18.6. The third-order valence-corrected chi connectivity index (χ3v) is 6.84. The highest BCUT2D eigenvalue weighted by Crippen LogP contribution is 2.54. The standard InChI is InChI=1S/C28H37N/c1-5-6-7-10-18-28(19-12-11-17-27(3,4)21-29)25-14-9-8-13-23(25)24-16-15-22(2)20-26(24)28/h8-9,13-16,20H,5-7,10-12,17-19H2,1-4H3. The molecule has 1 heteroatoms. The summed E-state index contributed by atoms with van der Waals surface area (Å²) < 4.78 is 0. The predicted molar refractivity (Wildman–Crippen MR) is 124 cm³/mol. The molecule has 1 aliphatic rings. The summed E-state index contributed by atoms with van der Waals surface area (Å²) in [5.74, 6) is 0. The van der Waals surface area contributed by atoms with Gasteiger partial charge in [0.05, 0.1) is 11.5 Å². The number of fused-ring (bicyclic) bond motifs is 3. The Labute approximate surface area is 178 Å². The van der Waals surface area contributed by atoms with Gasteiger partial charge in [0.1, 0.15) is 0 Å². The van der Waals surface area contributed by atoms with Crippen molar-refractivity contribution < 1.29 is 0 Å². The largest absolute Gasteiger partial charge is 0.198 e. The summed E-state index contributed by atoms with van der Waals surface area (Å²) in [4.78, 5) is 0. The maximum atomic E-state index is 9.36. The fourth-order valence-electron chi connectivity index (χ4n) is 5.14. The third kappa shape index (κ3) is 4.58. The Morgan fingerprint density at radius 3 is 2.28 bits per heavy atom. The first-order chi connectivity index (χ1) is 13.9. The van der Waals surface area contributed by atoms with Crippen molar-refractivity contribution in [2.45, 2.75) is 90.9 Å². The van der Waals surface area contributed by atoms with Crippen LogP contribution in [0.4, 0.5) is 0 Å². The molecule has 29 heavy (non-hydrogen) atoms. The number of nitriles is 1. The predicted octanol–water partition coefficient (Wildman–Crippen LogP) is 8.34. The van der Waals surface area contributed by atoms with E-state index in [4.69, 9.17) is 0 Å². The van der Waals surface area contributed by atoms with Crippen molar-refractivity contribution in [1.29, 1.82) is 5.26 Å². The molecule has 0 fully saturated rings. The lowest BCUT2D eigenvalue weighted by Crippen LogP contribution is -2.25. The van der Waals surface area contributed by atoms with Gasteiger partial charge in [0.2, 0.25) is 0 Å². The van der Waals surface area contributed by atoms with Crippen molar-refractivity contribution in [3.05, 3.63) is 59.2 Å². The van der Waals surface area contributed by atoms with Crippen LogP contribution in [0.5, 0.6) is 0 Å². The van der Waals surface area contributed by atoms with E-state index in [0.717, 1.165) is 12.8 Å². The van der Waals surface area contributed by atoms with Gasteiger partial charge in [0.15, 0.2) is 0 Å². The molecule has 0 heterocycles. The molecule has 0 aromatic heterocycles. The van der Waals surface area contributed by atoms with Crippen molar-refractivity contribution in [3.8, 4) is 17.2 Å². The second-order valence-corrected chi connectivity index (χ2v) is 9.69. The van der Waals surface area contributed by atoms with Crippen LogP contribution in [0.25, 0.3) is 11.1 Å². The average molecular weight is 388 g/mol. The van der Waals surface area contributed by atoms with Gasteiger partial charge in [0, 0.05) is 5.41 Å². The molecule has 0 radical (unpaired) electrons. The molecule has 1 aliphatic carbocycles. The summed E-state index contributed by atoms with van der Waals surface area (Å²) in [5.41, 5.74) is 7.26. The Morgan fingerprint density at radius 1 is 0.862 bits per heavy atom. The zero-order valence-corrected chi connectivity index (χ0v) is 18.9. The lowest BCUT2D eigenvalue weighted by molar-refractivity contribution is 0.371. The molecular formula is C28H37N. The van der Waals surface area contributed by atoms with Crippen LogP contribution in [0.1, 0.15) is 95.2 Å².